The number of hydrogen-bond acceptors (Lipinski definition) is 2. The lowest BCUT2D eigenvalue weighted by atomic mass is 9.90. The van der Waals surface area contributed by atoms with Gasteiger partial charge in [-0.2, -0.15) is 0 Å². The molecule has 0 aliphatic carbocycles. The largest absolute Gasteiger partial charge is 0.375 e. The molecule has 0 aromatic carbocycles. The predicted molar refractivity (Wildman–Crippen MR) is 53.5 cm³/mol. The third-order valence-corrected chi connectivity index (χ3v) is 2.70. The quantitative estimate of drug-likeness (QED) is 0.606. The molecule has 2 nitrogen and oxygen atoms in total. The smallest absolute Gasteiger partial charge is 0.0707 e. The standard InChI is InChI=1S/C8H15NO.C2H6.H2/c1-2-8(10-7-1)3-5-9-6-4-8;1-2;/h9H,1-7H2;1-2H3;1H. The van der Waals surface area contributed by atoms with Crippen molar-refractivity contribution in [1.29, 1.82) is 0 Å². The fourth-order valence-electron chi connectivity index (χ4n) is 2.03. The third-order valence-electron chi connectivity index (χ3n) is 2.70. The zero-order valence-corrected chi connectivity index (χ0v) is 8.36. The summed E-state index contributed by atoms with van der Waals surface area (Å²) in [5, 5.41) is 3.36. The molecular weight excluding hydrogens is 150 g/mol. The maximum atomic E-state index is 5.74. The second kappa shape index (κ2) is 4.83. The average molecular weight is 173 g/mol. The first-order chi connectivity index (χ1) is 5.91. The van der Waals surface area contributed by atoms with Crippen LogP contribution in [0.2, 0.25) is 0 Å². The molecule has 2 aliphatic rings. The van der Waals surface area contributed by atoms with Crippen molar-refractivity contribution in [2.45, 2.75) is 45.1 Å². The summed E-state index contributed by atoms with van der Waals surface area (Å²) in [6, 6.07) is 0. The average Bonchev–Trinajstić information content (AvgIpc) is 2.58. The van der Waals surface area contributed by atoms with E-state index in [9.17, 15) is 0 Å². The predicted octanol–water partition coefficient (Wildman–Crippen LogP) is 2.19. The van der Waals surface area contributed by atoms with Crippen LogP contribution in [-0.4, -0.2) is 25.3 Å². The highest BCUT2D eigenvalue weighted by molar-refractivity contribution is 4.89. The van der Waals surface area contributed by atoms with E-state index in [-0.39, 0.29) is 1.43 Å². The van der Waals surface area contributed by atoms with Gasteiger partial charge in [0.25, 0.3) is 0 Å². The van der Waals surface area contributed by atoms with E-state index in [1.54, 1.807) is 0 Å². The van der Waals surface area contributed by atoms with Crippen molar-refractivity contribution in [3.05, 3.63) is 0 Å². The molecule has 1 N–H and O–H groups in total. The maximum Gasteiger partial charge on any atom is 0.0707 e. The Hall–Kier alpha value is -0.0800. The molecule has 12 heavy (non-hydrogen) atoms. The first kappa shape index (κ1) is 10.0. The van der Waals surface area contributed by atoms with Crippen molar-refractivity contribution < 1.29 is 6.16 Å². The van der Waals surface area contributed by atoms with E-state index in [4.69, 9.17) is 4.74 Å². The summed E-state index contributed by atoms with van der Waals surface area (Å²) in [5.74, 6) is 0. The number of ether oxygens (including phenoxy) is 1. The summed E-state index contributed by atoms with van der Waals surface area (Å²) in [7, 11) is 0. The first-order valence-electron chi connectivity index (χ1n) is 5.26. The fraction of sp³-hybridized carbons (Fsp3) is 1.00. The van der Waals surface area contributed by atoms with Crippen LogP contribution in [0.5, 0.6) is 0 Å². The summed E-state index contributed by atoms with van der Waals surface area (Å²) in [6.45, 7) is 7.31. The molecule has 0 saturated carbocycles. The Morgan fingerprint density at radius 3 is 2.33 bits per heavy atom. The summed E-state index contributed by atoms with van der Waals surface area (Å²) in [6.07, 6.45) is 5.04. The van der Waals surface area contributed by atoms with Crippen LogP contribution in [0, 0.1) is 0 Å². The van der Waals surface area contributed by atoms with E-state index in [2.05, 4.69) is 5.32 Å². The van der Waals surface area contributed by atoms with Crippen LogP contribution in [0.15, 0.2) is 0 Å². The molecule has 0 aromatic heterocycles. The van der Waals surface area contributed by atoms with Gasteiger partial charge in [-0.1, -0.05) is 13.8 Å². The van der Waals surface area contributed by atoms with E-state index in [0.717, 1.165) is 19.7 Å². The molecule has 2 saturated heterocycles. The molecule has 0 aromatic rings. The van der Waals surface area contributed by atoms with E-state index >= 15 is 0 Å². The van der Waals surface area contributed by atoms with Gasteiger partial charge in [-0.3, -0.25) is 0 Å². The molecule has 1 spiro atoms. The summed E-state index contributed by atoms with van der Waals surface area (Å²) in [5.41, 5.74) is 0.311. The van der Waals surface area contributed by atoms with Gasteiger partial charge in [0.05, 0.1) is 5.60 Å². The lowest BCUT2D eigenvalue weighted by Crippen LogP contribution is -2.41. The molecule has 0 bridgehead atoms. The Balaban J connectivity index is 0.000000451. The fourth-order valence-corrected chi connectivity index (χ4v) is 2.03. The lowest BCUT2D eigenvalue weighted by molar-refractivity contribution is -0.0190. The zero-order chi connectivity index (χ0) is 8.86. The van der Waals surface area contributed by atoms with Crippen molar-refractivity contribution in [3.8, 4) is 0 Å². The molecule has 0 radical (unpaired) electrons. The van der Waals surface area contributed by atoms with Crippen LogP contribution < -0.4 is 5.32 Å². The van der Waals surface area contributed by atoms with Gasteiger partial charge in [-0.05, 0) is 38.8 Å². The second-order valence-electron chi connectivity index (χ2n) is 3.39. The van der Waals surface area contributed by atoms with Crippen LogP contribution in [-0.2, 0) is 4.74 Å². The van der Waals surface area contributed by atoms with Gasteiger partial charge in [0, 0.05) is 8.03 Å². The zero-order valence-electron chi connectivity index (χ0n) is 8.36. The Labute approximate surface area is 77.2 Å². The van der Waals surface area contributed by atoms with Gasteiger partial charge in [0.15, 0.2) is 0 Å². The molecular formula is C10H23NO. The molecule has 2 aliphatic heterocycles. The van der Waals surface area contributed by atoms with Gasteiger partial charge >= 0.3 is 0 Å². The molecule has 0 amide bonds. The minimum absolute atomic E-state index is 0. The van der Waals surface area contributed by atoms with Gasteiger partial charge in [0.2, 0.25) is 0 Å². The molecule has 0 unspecified atom stereocenters. The van der Waals surface area contributed by atoms with E-state index in [1.165, 1.54) is 25.7 Å². The molecule has 2 rings (SSSR count). The molecule has 0 atom stereocenters. The molecule has 2 heteroatoms. The van der Waals surface area contributed by atoms with E-state index in [1.807, 2.05) is 13.8 Å². The SMILES string of the molecule is C1COC2(C1)CCNCC2.CC.[HH]. The molecule has 2 heterocycles. The minimum atomic E-state index is 0. The van der Waals surface area contributed by atoms with Gasteiger partial charge in [-0.15, -0.1) is 0 Å². The van der Waals surface area contributed by atoms with Crippen molar-refractivity contribution in [3.63, 3.8) is 0 Å². The second-order valence-corrected chi connectivity index (χ2v) is 3.39. The van der Waals surface area contributed by atoms with Crippen LogP contribution in [0.3, 0.4) is 0 Å². The molecule has 74 valence electrons. The Bertz CT molecular complexity index is 116. The number of nitrogens with one attached hydrogen (secondary N) is 1. The Morgan fingerprint density at radius 2 is 1.83 bits per heavy atom. The minimum Gasteiger partial charge on any atom is -0.375 e. The van der Waals surface area contributed by atoms with Crippen molar-refractivity contribution >= 4 is 0 Å². The first-order valence-corrected chi connectivity index (χ1v) is 5.26. The van der Waals surface area contributed by atoms with Gasteiger partial charge < -0.3 is 10.1 Å². The Kier molecular flexibility index (Phi) is 4.02. The Morgan fingerprint density at radius 1 is 1.17 bits per heavy atom. The third kappa shape index (κ3) is 2.20. The number of rotatable bonds is 0. The lowest BCUT2D eigenvalue weighted by Gasteiger charge is -2.32. The van der Waals surface area contributed by atoms with E-state index < -0.39 is 0 Å². The number of hydrogen-bond donors (Lipinski definition) is 1. The topological polar surface area (TPSA) is 21.3 Å². The molecule has 2 fully saturated rings. The van der Waals surface area contributed by atoms with E-state index in [0.29, 0.717) is 5.60 Å². The van der Waals surface area contributed by atoms with Crippen LogP contribution in [0.4, 0.5) is 0 Å². The summed E-state index contributed by atoms with van der Waals surface area (Å²) in [4.78, 5) is 0. The number of piperidine rings is 1. The highest BCUT2D eigenvalue weighted by Gasteiger charge is 2.35. The van der Waals surface area contributed by atoms with Crippen molar-refractivity contribution in [2.24, 2.45) is 0 Å². The van der Waals surface area contributed by atoms with Crippen molar-refractivity contribution in [1.82, 2.24) is 5.32 Å². The van der Waals surface area contributed by atoms with Crippen LogP contribution in [0.1, 0.15) is 41.0 Å². The highest BCUT2D eigenvalue weighted by atomic mass is 16.5. The summed E-state index contributed by atoms with van der Waals surface area (Å²) < 4.78 is 5.74. The monoisotopic (exact) mass is 173 g/mol. The highest BCUT2D eigenvalue weighted by Crippen LogP contribution is 2.33. The van der Waals surface area contributed by atoms with Crippen molar-refractivity contribution in [2.75, 3.05) is 19.7 Å². The normalized spacial score (nSPS) is 26.5. The van der Waals surface area contributed by atoms with Crippen LogP contribution >= 0.6 is 0 Å². The van der Waals surface area contributed by atoms with Gasteiger partial charge in [-0.25, -0.2) is 0 Å². The maximum absolute atomic E-state index is 5.74. The summed E-state index contributed by atoms with van der Waals surface area (Å²) >= 11 is 0. The van der Waals surface area contributed by atoms with Crippen LogP contribution in [0.25, 0.3) is 0 Å². The van der Waals surface area contributed by atoms with Gasteiger partial charge in [0.1, 0.15) is 0 Å².